The maximum Gasteiger partial charge on any atom is 0.306 e. The van der Waals surface area contributed by atoms with E-state index in [1.807, 2.05) is 6.08 Å². The van der Waals surface area contributed by atoms with E-state index >= 15 is 0 Å². The predicted molar refractivity (Wildman–Crippen MR) is 280 cm³/mol. The number of rotatable bonds is 45. The summed E-state index contributed by atoms with van der Waals surface area (Å²) in [6.07, 6.45) is 31.7. The molecule has 0 aromatic carbocycles. The fourth-order valence-corrected chi connectivity index (χ4v) is 8.94. The number of hydrogen-bond acceptors (Lipinski definition) is 15. The maximum absolute atomic E-state index is 13.1. The van der Waals surface area contributed by atoms with Crippen molar-refractivity contribution in [2.24, 2.45) is 0 Å². The Kier molecular flexibility index (Phi) is 40.1. The number of allylic oxidation sites excluding steroid dienone is 6. The van der Waals surface area contributed by atoms with E-state index in [1.165, 1.54) is 135 Å². The fraction of sp³-hybridized carbons (Fsp3) is 0.860. The standard InChI is InChI=1S/C57H102O15/c1-3-5-7-9-11-13-15-17-19-21-22-24-26-28-30-32-34-36-38-40-49(60)70-45(42-67-48(59)39-37-35-33-31-29-27-25-23-20-18-16-14-12-10-8-6-4-2)43-68-56-55(66)53(64)51(62)47(72-56)44-69-57-54(65)52(63)50(61)46(41-58)71-57/h18,20,25,27,31,33,45-47,50-58,61-66H,3-17,19,21-24,26,28-30,32,34-44H2,1-2H3/b20-18+,27-25+,33-31+/t45-,46+,47+,50-,51-,52?,53?,54?,55?,56+,57+/m1/s1. The first-order valence-corrected chi connectivity index (χ1v) is 28.6. The maximum atomic E-state index is 13.1. The predicted octanol–water partition coefficient (Wildman–Crippen LogP) is 9.27. The SMILES string of the molecule is CCCCCCCC/C=C/C/C=C/C/C=C/CCCC(=O)OC[C@H](CO[C@H]1O[C@@H](CO[C@H]2O[C@@H](CO)[C@@H](O)C(O)C2O)[C@@H](O)C(O)C1O)OC(=O)CCCCCCCCCCCCCCCCCCCCC. The topological polar surface area (TPSA) is 231 Å². The number of hydrogen-bond donors (Lipinski definition) is 7. The zero-order valence-corrected chi connectivity index (χ0v) is 44.7. The Morgan fingerprint density at radius 2 is 0.847 bits per heavy atom. The lowest BCUT2D eigenvalue weighted by atomic mass is 9.98. The van der Waals surface area contributed by atoms with Gasteiger partial charge in [-0.1, -0.05) is 198 Å². The van der Waals surface area contributed by atoms with Gasteiger partial charge in [0.05, 0.1) is 19.8 Å². The molecule has 0 amide bonds. The van der Waals surface area contributed by atoms with Crippen molar-refractivity contribution in [1.29, 1.82) is 0 Å². The summed E-state index contributed by atoms with van der Waals surface area (Å²) >= 11 is 0. The number of carbonyl (C=O) groups is 2. The molecule has 0 aromatic rings. The van der Waals surface area contributed by atoms with Crippen molar-refractivity contribution in [1.82, 2.24) is 0 Å². The molecule has 2 aliphatic rings. The van der Waals surface area contributed by atoms with E-state index in [4.69, 9.17) is 28.4 Å². The molecule has 72 heavy (non-hydrogen) atoms. The Hall–Kier alpha value is -2.28. The molecule has 2 heterocycles. The molecule has 2 saturated heterocycles. The van der Waals surface area contributed by atoms with Gasteiger partial charge in [0, 0.05) is 12.8 Å². The molecule has 2 fully saturated rings. The Balaban J connectivity index is 1.78. The summed E-state index contributed by atoms with van der Waals surface area (Å²) < 4.78 is 33.6. The number of unbranched alkanes of at least 4 members (excludes halogenated alkanes) is 25. The van der Waals surface area contributed by atoms with Gasteiger partial charge in [0.2, 0.25) is 0 Å². The molecule has 11 atom stereocenters. The van der Waals surface area contributed by atoms with Crippen molar-refractivity contribution in [3.63, 3.8) is 0 Å². The first-order valence-electron chi connectivity index (χ1n) is 28.6. The van der Waals surface area contributed by atoms with E-state index in [2.05, 4.69) is 44.2 Å². The van der Waals surface area contributed by atoms with Gasteiger partial charge in [-0.05, 0) is 44.9 Å². The van der Waals surface area contributed by atoms with Crippen molar-refractivity contribution in [3.05, 3.63) is 36.5 Å². The number of esters is 2. The highest BCUT2D eigenvalue weighted by atomic mass is 16.7. The molecule has 0 spiro atoms. The van der Waals surface area contributed by atoms with Gasteiger partial charge in [0.15, 0.2) is 18.7 Å². The van der Waals surface area contributed by atoms with Crippen LogP contribution in [-0.2, 0) is 38.0 Å². The van der Waals surface area contributed by atoms with Crippen LogP contribution >= 0.6 is 0 Å². The van der Waals surface area contributed by atoms with Crippen molar-refractivity contribution in [2.75, 3.05) is 26.4 Å². The van der Waals surface area contributed by atoms with E-state index in [0.717, 1.165) is 38.5 Å². The second-order valence-electron chi connectivity index (χ2n) is 20.1. The van der Waals surface area contributed by atoms with Crippen molar-refractivity contribution in [2.45, 2.75) is 287 Å². The zero-order chi connectivity index (χ0) is 52.4. The minimum absolute atomic E-state index is 0.148. The molecule has 2 aliphatic heterocycles. The second kappa shape index (κ2) is 43.9. The van der Waals surface area contributed by atoms with Crippen LogP contribution in [-0.4, -0.2) is 142 Å². The second-order valence-corrected chi connectivity index (χ2v) is 20.1. The molecule has 420 valence electrons. The Morgan fingerprint density at radius 3 is 1.35 bits per heavy atom. The number of ether oxygens (including phenoxy) is 6. The van der Waals surface area contributed by atoms with Crippen LogP contribution in [0.3, 0.4) is 0 Å². The molecule has 0 aliphatic carbocycles. The smallest absolute Gasteiger partial charge is 0.306 e. The third-order valence-electron chi connectivity index (χ3n) is 13.6. The number of carbonyl (C=O) groups excluding carboxylic acids is 2. The van der Waals surface area contributed by atoms with Crippen molar-refractivity contribution < 1.29 is 73.8 Å². The molecular formula is C57H102O15. The van der Waals surface area contributed by atoms with E-state index in [1.54, 1.807) is 0 Å². The Bertz CT molecular complexity index is 1390. The molecule has 0 radical (unpaired) electrons. The Morgan fingerprint density at radius 1 is 0.444 bits per heavy atom. The highest BCUT2D eigenvalue weighted by Gasteiger charge is 2.47. The average Bonchev–Trinajstić information content (AvgIpc) is 3.37. The van der Waals surface area contributed by atoms with Gasteiger partial charge in [-0.3, -0.25) is 9.59 Å². The lowest BCUT2D eigenvalue weighted by Crippen LogP contribution is -2.61. The largest absolute Gasteiger partial charge is 0.462 e. The van der Waals surface area contributed by atoms with Crippen LogP contribution in [0.4, 0.5) is 0 Å². The first kappa shape index (κ1) is 65.8. The summed E-state index contributed by atoms with van der Waals surface area (Å²) in [5.41, 5.74) is 0. The quantitative estimate of drug-likeness (QED) is 0.0171. The lowest BCUT2D eigenvalue weighted by Gasteiger charge is -2.42. The van der Waals surface area contributed by atoms with Gasteiger partial charge >= 0.3 is 11.9 Å². The molecule has 0 saturated carbocycles. The molecule has 15 nitrogen and oxygen atoms in total. The van der Waals surface area contributed by atoms with Crippen LogP contribution in [0.5, 0.6) is 0 Å². The Labute approximate surface area is 434 Å². The molecule has 7 N–H and O–H groups in total. The van der Waals surface area contributed by atoms with Crippen LogP contribution in [0.25, 0.3) is 0 Å². The van der Waals surface area contributed by atoms with Gasteiger partial charge in [0.25, 0.3) is 0 Å². The highest BCUT2D eigenvalue weighted by Crippen LogP contribution is 2.27. The molecule has 4 unspecified atom stereocenters. The van der Waals surface area contributed by atoms with Gasteiger partial charge in [-0.2, -0.15) is 0 Å². The van der Waals surface area contributed by atoms with Crippen LogP contribution in [0.2, 0.25) is 0 Å². The zero-order valence-electron chi connectivity index (χ0n) is 44.7. The minimum Gasteiger partial charge on any atom is -0.462 e. The van der Waals surface area contributed by atoms with Gasteiger partial charge in [-0.15, -0.1) is 0 Å². The molecule has 0 aromatic heterocycles. The van der Waals surface area contributed by atoms with Gasteiger partial charge in [0.1, 0.15) is 55.4 Å². The highest BCUT2D eigenvalue weighted by molar-refractivity contribution is 5.70. The lowest BCUT2D eigenvalue weighted by molar-refractivity contribution is -0.332. The normalized spacial score (nSPS) is 25.2. The monoisotopic (exact) mass is 1030 g/mol. The van der Waals surface area contributed by atoms with Crippen LogP contribution in [0.15, 0.2) is 36.5 Å². The number of aliphatic hydroxyl groups excluding tert-OH is 7. The van der Waals surface area contributed by atoms with E-state index in [9.17, 15) is 45.3 Å². The third-order valence-corrected chi connectivity index (χ3v) is 13.6. The van der Waals surface area contributed by atoms with Gasteiger partial charge in [-0.25, -0.2) is 0 Å². The summed E-state index contributed by atoms with van der Waals surface area (Å²) in [4.78, 5) is 25.8. The summed E-state index contributed by atoms with van der Waals surface area (Å²) in [5.74, 6) is -0.977. The average molecular weight is 1030 g/mol. The fourth-order valence-electron chi connectivity index (χ4n) is 8.94. The van der Waals surface area contributed by atoms with E-state index < -0.39 is 99.3 Å². The number of aliphatic hydroxyl groups is 7. The van der Waals surface area contributed by atoms with E-state index in [-0.39, 0.29) is 19.4 Å². The van der Waals surface area contributed by atoms with Crippen molar-refractivity contribution in [3.8, 4) is 0 Å². The van der Waals surface area contributed by atoms with Gasteiger partial charge < -0.3 is 64.2 Å². The van der Waals surface area contributed by atoms with Crippen LogP contribution in [0, 0.1) is 0 Å². The van der Waals surface area contributed by atoms with Crippen LogP contribution in [0.1, 0.15) is 219 Å². The first-order chi connectivity index (χ1) is 35.0. The summed E-state index contributed by atoms with van der Waals surface area (Å²) in [5, 5.41) is 72.2. The molecular weight excluding hydrogens is 925 g/mol. The minimum atomic E-state index is -1.77. The van der Waals surface area contributed by atoms with Crippen molar-refractivity contribution >= 4 is 11.9 Å². The summed E-state index contributed by atoms with van der Waals surface area (Å²) in [6.45, 7) is 2.57. The molecule has 2 rings (SSSR count). The van der Waals surface area contributed by atoms with E-state index in [0.29, 0.717) is 19.3 Å². The third kappa shape index (κ3) is 30.9. The molecule has 0 bridgehead atoms. The summed E-state index contributed by atoms with van der Waals surface area (Å²) in [7, 11) is 0. The summed E-state index contributed by atoms with van der Waals surface area (Å²) in [6, 6.07) is 0. The van der Waals surface area contributed by atoms with Crippen LogP contribution < -0.4 is 0 Å². The molecule has 15 heteroatoms.